The average Bonchev–Trinajstić information content (AvgIpc) is 2.16. The summed E-state index contributed by atoms with van der Waals surface area (Å²) in [5, 5.41) is 9.09. The van der Waals surface area contributed by atoms with Crippen molar-refractivity contribution in [1.29, 1.82) is 0 Å². The number of rotatable bonds is 1. The van der Waals surface area contributed by atoms with E-state index in [1.165, 1.54) is 16.7 Å². The molecule has 1 aliphatic rings. The molecule has 0 heterocycles. The van der Waals surface area contributed by atoms with Crippen molar-refractivity contribution in [1.82, 2.24) is 0 Å². The van der Waals surface area contributed by atoms with Crippen LogP contribution in [0.15, 0.2) is 18.2 Å². The van der Waals surface area contributed by atoms with Crippen LogP contribution in [0.25, 0.3) is 0 Å². The molecule has 0 saturated carbocycles. The molecule has 0 bridgehead atoms. The van der Waals surface area contributed by atoms with Crippen LogP contribution in [-0.4, -0.2) is 11.7 Å². The molecular weight excluding hydrogens is 160 g/mol. The molecule has 0 aromatic heterocycles. The van der Waals surface area contributed by atoms with Crippen LogP contribution in [0.3, 0.4) is 0 Å². The Bertz CT molecular complexity index is 304. The van der Waals surface area contributed by atoms with Crippen molar-refractivity contribution in [3.8, 4) is 0 Å². The van der Waals surface area contributed by atoms with Crippen LogP contribution < -0.4 is 0 Å². The van der Waals surface area contributed by atoms with E-state index < -0.39 is 0 Å². The van der Waals surface area contributed by atoms with Gasteiger partial charge in [0, 0.05) is 6.61 Å². The zero-order chi connectivity index (χ0) is 9.26. The van der Waals surface area contributed by atoms with Crippen molar-refractivity contribution in [2.24, 2.45) is 5.92 Å². The van der Waals surface area contributed by atoms with E-state index in [9.17, 15) is 0 Å². The Balaban J connectivity index is 2.27. The van der Waals surface area contributed by atoms with E-state index >= 15 is 0 Å². The first-order chi connectivity index (χ1) is 6.29. The second kappa shape index (κ2) is 3.51. The normalized spacial score (nSPS) is 21.2. The molecule has 70 valence electrons. The highest BCUT2D eigenvalue weighted by Gasteiger charge is 2.17. The van der Waals surface area contributed by atoms with Gasteiger partial charge in [-0.05, 0) is 43.2 Å². The third-order valence-electron chi connectivity index (χ3n) is 2.95. The van der Waals surface area contributed by atoms with Crippen molar-refractivity contribution >= 4 is 0 Å². The monoisotopic (exact) mass is 176 g/mol. The maximum atomic E-state index is 9.09. The lowest BCUT2D eigenvalue weighted by Gasteiger charge is -2.23. The van der Waals surface area contributed by atoms with Gasteiger partial charge in [-0.3, -0.25) is 0 Å². The summed E-state index contributed by atoms with van der Waals surface area (Å²) in [6.45, 7) is 2.47. The zero-order valence-corrected chi connectivity index (χ0v) is 8.09. The van der Waals surface area contributed by atoms with Crippen molar-refractivity contribution in [2.75, 3.05) is 6.61 Å². The third-order valence-corrected chi connectivity index (χ3v) is 2.95. The van der Waals surface area contributed by atoms with Crippen LogP contribution in [0.1, 0.15) is 23.1 Å². The molecule has 0 radical (unpaired) electrons. The fourth-order valence-electron chi connectivity index (χ4n) is 2.12. The van der Waals surface area contributed by atoms with Gasteiger partial charge >= 0.3 is 0 Å². The van der Waals surface area contributed by atoms with Crippen LogP contribution in [0.4, 0.5) is 0 Å². The number of hydrogen-bond acceptors (Lipinski definition) is 1. The zero-order valence-electron chi connectivity index (χ0n) is 8.09. The van der Waals surface area contributed by atoms with Crippen LogP contribution in [0, 0.1) is 12.8 Å². The Morgan fingerprint density at radius 1 is 1.38 bits per heavy atom. The Morgan fingerprint density at radius 2 is 2.23 bits per heavy atom. The Kier molecular flexibility index (Phi) is 2.36. The number of aryl methyl sites for hydroxylation is 2. The van der Waals surface area contributed by atoms with Gasteiger partial charge in [-0.25, -0.2) is 0 Å². The molecule has 1 aromatic rings. The number of aliphatic hydroxyl groups excluding tert-OH is 1. The first-order valence-corrected chi connectivity index (χ1v) is 4.99. The molecule has 1 heteroatoms. The summed E-state index contributed by atoms with van der Waals surface area (Å²) in [6.07, 6.45) is 3.35. The van der Waals surface area contributed by atoms with E-state index in [0.717, 1.165) is 19.3 Å². The standard InChI is InChI=1S/C12H16O/c1-9-2-4-11-5-3-10(8-13)7-12(11)6-9/h2,4,6,10,13H,3,5,7-8H2,1H3/t10-/m0/s1. The number of benzene rings is 1. The highest BCUT2D eigenvalue weighted by molar-refractivity contribution is 5.33. The molecule has 0 amide bonds. The van der Waals surface area contributed by atoms with Crippen LogP contribution >= 0.6 is 0 Å². The van der Waals surface area contributed by atoms with Crippen LogP contribution in [0.5, 0.6) is 0 Å². The molecule has 0 unspecified atom stereocenters. The predicted octanol–water partition coefficient (Wildman–Crippen LogP) is 2.09. The predicted molar refractivity (Wildman–Crippen MR) is 53.8 cm³/mol. The largest absolute Gasteiger partial charge is 0.396 e. The first-order valence-electron chi connectivity index (χ1n) is 4.99. The van der Waals surface area contributed by atoms with Crippen LogP contribution in [0.2, 0.25) is 0 Å². The van der Waals surface area contributed by atoms with Crippen molar-refractivity contribution < 1.29 is 5.11 Å². The van der Waals surface area contributed by atoms with Gasteiger partial charge in [-0.2, -0.15) is 0 Å². The molecular formula is C12H16O. The van der Waals surface area contributed by atoms with E-state index in [0.29, 0.717) is 12.5 Å². The molecule has 1 N–H and O–H groups in total. The van der Waals surface area contributed by atoms with E-state index in [2.05, 4.69) is 25.1 Å². The average molecular weight is 176 g/mol. The maximum absolute atomic E-state index is 9.09. The lowest BCUT2D eigenvalue weighted by atomic mass is 9.84. The Hall–Kier alpha value is -0.820. The summed E-state index contributed by atoms with van der Waals surface area (Å²) in [5.74, 6) is 0.495. The van der Waals surface area contributed by atoms with Gasteiger partial charge < -0.3 is 5.11 Å². The Morgan fingerprint density at radius 3 is 3.00 bits per heavy atom. The summed E-state index contributed by atoms with van der Waals surface area (Å²) in [5.41, 5.74) is 4.26. The molecule has 1 nitrogen and oxygen atoms in total. The molecule has 1 aromatic carbocycles. The summed E-state index contributed by atoms with van der Waals surface area (Å²) in [6, 6.07) is 6.67. The quantitative estimate of drug-likeness (QED) is 0.694. The minimum absolute atomic E-state index is 0.341. The molecule has 0 fully saturated rings. The van der Waals surface area contributed by atoms with E-state index in [-0.39, 0.29) is 0 Å². The third kappa shape index (κ3) is 1.75. The van der Waals surface area contributed by atoms with Gasteiger partial charge in [0.15, 0.2) is 0 Å². The summed E-state index contributed by atoms with van der Waals surface area (Å²) in [7, 11) is 0. The highest BCUT2D eigenvalue weighted by atomic mass is 16.3. The second-order valence-electron chi connectivity index (χ2n) is 4.06. The molecule has 0 spiro atoms. The van der Waals surface area contributed by atoms with Gasteiger partial charge in [0.1, 0.15) is 0 Å². The molecule has 1 atom stereocenters. The van der Waals surface area contributed by atoms with E-state index in [1.807, 2.05) is 0 Å². The van der Waals surface area contributed by atoms with Crippen LogP contribution in [-0.2, 0) is 12.8 Å². The lowest BCUT2D eigenvalue weighted by molar-refractivity contribution is 0.213. The Labute approximate surface area is 79.4 Å². The number of aliphatic hydroxyl groups is 1. The maximum Gasteiger partial charge on any atom is 0.0462 e. The van der Waals surface area contributed by atoms with Gasteiger partial charge in [0.25, 0.3) is 0 Å². The fourth-order valence-corrected chi connectivity index (χ4v) is 2.12. The summed E-state index contributed by atoms with van der Waals surface area (Å²) >= 11 is 0. The molecule has 0 saturated heterocycles. The molecule has 1 aliphatic carbocycles. The topological polar surface area (TPSA) is 20.2 Å². The summed E-state index contributed by atoms with van der Waals surface area (Å²) < 4.78 is 0. The molecule has 0 aliphatic heterocycles. The smallest absolute Gasteiger partial charge is 0.0462 e. The second-order valence-corrected chi connectivity index (χ2v) is 4.06. The lowest BCUT2D eigenvalue weighted by Crippen LogP contribution is -2.17. The van der Waals surface area contributed by atoms with Gasteiger partial charge in [-0.1, -0.05) is 23.8 Å². The van der Waals surface area contributed by atoms with Crippen molar-refractivity contribution in [3.63, 3.8) is 0 Å². The van der Waals surface area contributed by atoms with Gasteiger partial charge in [-0.15, -0.1) is 0 Å². The van der Waals surface area contributed by atoms with Gasteiger partial charge in [0.05, 0.1) is 0 Å². The number of fused-ring (bicyclic) bond motifs is 1. The van der Waals surface area contributed by atoms with E-state index in [4.69, 9.17) is 5.11 Å². The van der Waals surface area contributed by atoms with Crippen molar-refractivity contribution in [2.45, 2.75) is 26.2 Å². The number of hydrogen-bond donors (Lipinski definition) is 1. The highest BCUT2D eigenvalue weighted by Crippen LogP contribution is 2.25. The SMILES string of the molecule is Cc1ccc2c(c1)C[C@@H](CO)CC2. The summed E-state index contributed by atoms with van der Waals surface area (Å²) in [4.78, 5) is 0. The van der Waals surface area contributed by atoms with Crippen molar-refractivity contribution in [3.05, 3.63) is 34.9 Å². The molecule has 2 rings (SSSR count). The minimum Gasteiger partial charge on any atom is -0.396 e. The van der Waals surface area contributed by atoms with Gasteiger partial charge in [0.2, 0.25) is 0 Å². The fraction of sp³-hybridized carbons (Fsp3) is 0.500. The minimum atomic E-state index is 0.341. The van der Waals surface area contributed by atoms with E-state index in [1.54, 1.807) is 0 Å². The first kappa shape index (κ1) is 8.76. The molecule has 13 heavy (non-hydrogen) atoms.